The molecule has 1 amide bonds. The summed E-state index contributed by atoms with van der Waals surface area (Å²) in [6, 6.07) is 17.6. The summed E-state index contributed by atoms with van der Waals surface area (Å²) >= 11 is 1.64. The van der Waals surface area contributed by atoms with Gasteiger partial charge in [0.15, 0.2) is 0 Å². The van der Waals surface area contributed by atoms with Gasteiger partial charge in [0.1, 0.15) is 11.5 Å². The van der Waals surface area contributed by atoms with E-state index in [0.717, 1.165) is 16.8 Å². The van der Waals surface area contributed by atoms with Gasteiger partial charge in [0.25, 0.3) is 5.91 Å². The van der Waals surface area contributed by atoms with Gasteiger partial charge in [0, 0.05) is 12.7 Å². The van der Waals surface area contributed by atoms with Gasteiger partial charge in [-0.1, -0.05) is 48.0 Å². The zero-order valence-electron chi connectivity index (χ0n) is 16.1. The lowest BCUT2D eigenvalue weighted by Crippen LogP contribution is -2.50. The number of aryl methyl sites for hydroxylation is 1. The van der Waals surface area contributed by atoms with Crippen LogP contribution >= 0.6 is 11.8 Å². The first-order valence-electron chi connectivity index (χ1n) is 9.25. The molecular weight excluding hydrogens is 372 g/mol. The van der Waals surface area contributed by atoms with Crippen LogP contribution in [0.2, 0.25) is 0 Å². The molecule has 2 aromatic rings. The standard InChI is InChI=1S/C22H22N2O3S/c1-14-9-11-18(12-10-14)24-21(26)22(15(2)23-24)19(27-16(3)25)13-28-20(22)17-7-5-4-6-8-17/h4-12,19-20H,13H2,1-3H3/t19-,20-,22+/m0/s1. The number of hydrogen-bond acceptors (Lipinski definition) is 5. The van der Waals surface area contributed by atoms with Crippen LogP contribution in [0.3, 0.4) is 0 Å². The lowest BCUT2D eigenvalue weighted by Gasteiger charge is -2.33. The van der Waals surface area contributed by atoms with Crippen molar-refractivity contribution in [2.45, 2.75) is 32.1 Å². The highest BCUT2D eigenvalue weighted by Crippen LogP contribution is 2.58. The molecule has 144 valence electrons. The number of carbonyl (C=O) groups excluding carboxylic acids is 2. The van der Waals surface area contributed by atoms with Crippen LogP contribution in [0.15, 0.2) is 59.7 Å². The average molecular weight is 394 g/mol. The Morgan fingerprint density at radius 2 is 1.82 bits per heavy atom. The van der Waals surface area contributed by atoms with Crippen molar-refractivity contribution >= 4 is 35.0 Å². The highest BCUT2D eigenvalue weighted by molar-refractivity contribution is 8.00. The number of hydrogen-bond donors (Lipinski definition) is 0. The minimum atomic E-state index is -0.997. The normalized spacial score (nSPS) is 26.6. The number of esters is 1. The number of hydrazone groups is 1. The zero-order valence-corrected chi connectivity index (χ0v) is 16.9. The predicted molar refractivity (Wildman–Crippen MR) is 111 cm³/mol. The number of carbonyl (C=O) groups is 2. The van der Waals surface area contributed by atoms with Crippen LogP contribution in [-0.2, 0) is 14.3 Å². The van der Waals surface area contributed by atoms with E-state index in [1.807, 2.05) is 68.4 Å². The summed E-state index contributed by atoms with van der Waals surface area (Å²) in [6.07, 6.45) is -0.549. The minimum Gasteiger partial charge on any atom is -0.460 e. The molecule has 2 aromatic carbocycles. The molecule has 1 fully saturated rings. The third-order valence-electron chi connectivity index (χ3n) is 5.42. The Hall–Kier alpha value is -2.60. The van der Waals surface area contributed by atoms with E-state index in [2.05, 4.69) is 5.10 Å². The van der Waals surface area contributed by atoms with E-state index in [-0.39, 0.29) is 17.1 Å². The monoisotopic (exact) mass is 394 g/mol. The molecule has 0 aliphatic carbocycles. The van der Waals surface area contributed by atoms with E-state index in [1.54, 1.807) is 11.8 Å². The van der Waals surface area contributed by atoms with Crippen LogP contribution < -0.4 is 5.01 Å². The van der Waals surface area contributed by atoms with Crippen LogP contribution in [0.25, 0.3) is 0 Å². The predicted octanol–water partition coefficient (Wildman–Crippen LogP) is 4.12. The topological polar surface area (TPSA) is 59.0 Å². The van der Waals surface area contributed by atoms with Crippen molar-refractivity contribution in [1.29, 1.82) is 0 Å². The Morgan fingerprint density at radius 1 is 1.14 bits per heavy atom. The van der Waals surface area contributed by atoms with E-state index in [4.69, 9.17) is 4.74 Å². The molecular formula is C22H22N2O3S. The Balaban J connectivity index is 1.81. The SMILES string of the molecule is CC(=O)O[C@H]1CS[C@@H](c2ccccc2)[C@]12C(=O)N(c1ccc(C)cc1)N=C2C. The first-order valence-corrected chi connectivity index (χ1v) is 10.3. The van der Waals surface area contributed by atoms with Gasteiger partial charge in [-0.15, -0.1) is 11.8 Å². The molecule has 28 heavy (non-hydrogen) atoms. The number of amides is 1. The second-order valence-electron chi connectivity index (χ2n) is 7.23. The molecule has 6 heteroatoms. The van der Waals surface area contributed by atoms with E-state index in [9.17, 15) is 9.59 Å². The number of thioether (sulfide) groups is 1. The fraction of sp³-hybridized carbons (Fsp3) is 0.318. The smallest absolute Gasteiger partial charge is 0.302 e. The summed E-state index contributed by atoms with van der Waals surface area (Å²) in [7, 11) is 0. The minimum absolute atomic E-state index is 0.140. The van der Waals surface area contributed by atoms with E-state index in [0.29, 0.717) is 11.5 Å². The Labute approximate surface area is 168 Å². The summed E-state index contributed by atoms with van der Waals surface area (Å²) in [5.74, 6) is 0.0338. The van der Waals surface area contributed by atoms with Crippen molar-refractivity contribution in [3.8, 4) is 0 Å². The molecule has 2 aliphatic rings. The summed E-state index contributed by atoms with van der Waals surface area (Å²) in [5.41, 5.74) is 2.56. The Morgan fingerprint density at radius 3 is 2.46 bits per heavy atom. The number of ether oxygens (including phenoxy) is 1. The number of rotatable bonds is 3. The molecule has 0 radical (unpaired) electrons. The quantitative estimate of drug-likeness (QED) is 0.735. The van der Waals surface area contributed by atoms with Gasteiger partial charge < -0.3 is 4.74 Å². The van der Waals surface area contributed by atoms with Crippen LogP contribution in [0.4, 0.5) is 5.69 Å². The molecule has 3 atom stereocenters. The molecule has 0 bridgehead atoms. The molecule has 1 saturated heterocycles. The summed E-state index contributed by atoms with van der Waals surface area (Å²) in [5, 5.41) is 5.94. The molecule has 2 aliphatic heterocycles. The maximum Gasteiger partial charge on any atom is 0.302 e. The third-order valence-corrected chi connectivity index (χ3v) is 6.89. The maximum absolute atomic E-state index is 13.8. The van der Waals surface area contributed by atoms with Gasteiger partial charge in [0.05, 0.1) is 16.6 Å². The number of anilines is 1. The molecule has 2 heterocycles. The van der Waals surface area contributed by atoms with Gasteiger partial charge in [0.2, 0.25) is 0 Å². The van der Waals surface area contributed by atoms with E-state index < -0.39 is 11.5 Å². The summed E-state index contributed by atoms with van der Waals surface area (Å²) < 4.78 is 5.66. The van der Waals surface area contributed by atoms with Crippen LogP contribution in [0.1, 0.15) is 30.2 Å². The summed E-state index contributed by atoms with van der Waals surface area (Å²) in [4.78, 5) is 25.6. The van der Waals surface area contributed by atoms with Crippen molar-refractivity contribution in [2.75, 3.05) is 10.8 Å². The van der Waals surface area contributed by atoms with E-state index in [1.165, 1.54) is 11.9 Å². The van der Waals surface area contributed by atoms with Crippen LogP contribution in [-0.4, -0.2) is 29.4 Å². The van der Waals surface area contributed by atoms with Gasteiger partial charge in [-0.3, -0.25) is 9.59 Å². The maximum atomic E-state index is 13.8. The first-order chi connectivity index (χ1) is 13.4. The molecule has 0 aromatic heterocycles. The van der Waals surface area contributed by atoms with Gasteiger partial charge in [-0.2, -0.15) is 10.1 Å². The van der Waals surface area contributed by atoms with Crippen LogP contribution in [0.5, 0.6) is 0 Å². The number of nitrogens with zero attached hydrogens (tertiary/aromatic N) is 2. The van der Waals surface area contributed by atoms with Crippen molar-refractivity contribution in [3.63, 3.8) is 0 Å². The van der Waals surface area contributed by atoms with Crippen molar-refractivity contribution in [3.05, 3.63) is 65.7 Å². The van der Waals surface area contributed by atoms with Crippen molar-refractivity contribution < 1.29 is 14.3 Å². The fourth-order valence-corrected chi connectivity index (χ4v) is 5.81. The second-order valence-corrected chi connectivity index (χ2v) is 8.37. The molecule has 5 nitrogen and oxygen atoms in total. The number of benzene rings is 2. The molecule has 1 spiro atoms. The molecule has 0 N–H and O–H groups in total. The van der Waals surface area contributed by atoms with Crippen molar-refractivity contribution in [1.82, 2.24) is 0 Å². The Kier molecular flexibility index (Phi) is 4.75. The van der Waals surface area contributed by atoms with Gasteiger partial charge >= 0.3 is 5.97 Å². The fourth-order valence-electron chi connectivity index (χ4n) is 4.07. The highest BCUT2D eigenvalue weighted by atomic mass is 32.2. The second kappa shape index (κ2) is 7.09. The molecule has 4 rings (SSSR count). The lowest BCUT2D eigenvalue weighted by molar-refractivity contribution is -0.151. The zero-order chi connectivity index (χ0) is 19.9. The molecule has 0 unspecified atom stereocenters. The van der Waals surface area contributed by atoms with Crippen LogP contribution in [0, 0.1) is 12.3 Å². The Bertz CT molecular complexity index is 942. The van der Waals surface area contributed by atoms with Crippen molar-refractivity contribution in [2.24, 2.45) is 10.5 Å². The lowest BCUT2D eigenvalue weighted by atomic mass is 9.73. The van der Waals surface area contributed by atoms with Gasteiger partial charge in [-0.05, 0) is 31.5 Å². The first kappa shape index (κ1) is 18.7. The van der Waals surface area contributed by atoms with Gasteiger partial charge in [-0.25, -0.2) is 0 Å². The third kappa shape index (κ3) is 2.83. The largest absolute Gasteiger partial charge is 0.460 e. The summed E-state index contributed by atoms with van der Waals surface area (Å²) in [6.45, 7) is 5.25. The van der Waals surface area contributed by atoms with E-state index >= 15 is 0 Å². The molecule has 0 saturated carbocycles. The highest BCUT2D eigenvalue weighted by Gasteiger charge is 2.65. The average Bonchev–Trinajstić information content (AvgIpc) is 3.17.